The fourth-order valence-corrected chi connectivity index (χ4v) is 2.74. The van der Waals surface area contributed by atoms with E-state index in [1.165, 1.54) is 39.4 Å². The second-order valence-electron chi connectivity index (χ2n) is 5.05. The molecule has 2 N–H and O–H groups in total. The number of carbonyl (C=O) groups excluding carboxylic acids is 1. The Labute approximate surface area is 131 Å². The lowest BCUT2D eigenvalue weighted by molar-refractivity contribution is 0.0950. The lowest BCUT2D eigenvalue weighted by atomic mass is 10.2. The average Bonchev–Trinajstić information content (AvgIpc) is 2.51. The molecule has 0 saturated heterocycles. The molecular weight excluding hydrogens is 306 g/mol. The molecule has 0 aromatic heterocycles. The number of amides is 1. The van der Waals surface area contributed by atoms with Crippen molar-refractivity contribution in [1.29, 1.82) is 0 Å². The minimum Gasteiger partial charge on any atom is -0.495 e. The molecule has 1 unspecified atom stereocenters. The maximum atomic E-state index is 12.3. The first kappa shape index (κ1) is 18.4. The molecule has 0 aliphatic carbocycles. The summed E-state index contributed by atoms with van der Waals surface area (Å²) in [5.41, 5.74) is 0.268. The van der Waals surface area contributed by atoms with Gasteiger partial charge in [0.05, 0.1) is 7.11 Å². The van der Waals surface area contributed by atoms with E-state index in [0.717, 1.165) is 4.31 Å². The number of likely N-dealkylation sites (N-methyl/N-ethyl adjacent to an activating group) is 1. The first-order chi connectivity index (χ1) is 10.2. The zero-order valence-corrected chi connectivity index (χ0v) is 14.3. The van der Waals surface area contributed by atoms with E-state index in [2.05, 4.69) is 10.6 Å². The number of methoxy groups -OCH3 is 1. The molecule has 7 nitrogen and oxygen atoms in total. The Kier molecular flexibility index (Phi) is 6.34. The molecular formula is C14H23N3O4S. The number of carbonyl (C=O) groups is 1. The van der Waals surface area contributed by atoms with E-state index >= 15 is 0 Å². The van der Waals surface area contributed by atoms with E-state index in [-0.39, 0.29) is 28.2 Å². The first-order valence-electron chi connectivity index (χ1n) is 6.80. The predicted molar refractivity (Wildman–Crippen MR) is 84.7 cm³/mol. The highest BCUT2D eigenvalue weighted by Gasteiger charge is 2.23. The lowest BCUT2D eigenvalue weighted by Crippen LogP contribution is -2.37. The number of hydrogen-bond acceptors (Lipinski definition) is 5. The lowest BCUT2D eigenvalue weighted by Gasteiger charge is -2.16. The molecule has 0 saturated carbocycles. The van der Waals surface area contributed by atoms with E-state index in [1.54, 1.807) is 7.05 Å². The quantitative estimate of drug-likeness (QED) is 0.750. The van der Waals surface area contributed by atoms with Crippen LogP contribution < -0.4 is 15.4 Å². The van der Waals surface area contributed by atoms with Crippen LogP contribution in [0.2, 0.25) is 0 Å². The molecule has 8 heteroatoms. The topological polar surface area (TPSA) is 87.7 Å². The minimum absolute atomic E-state index is 0.0330. The molecule has 1 atom stereocenters. The van der Waals surface area contributed by atoms with E-state index < -0.39 is 10.0 Å². The zero-order chi connectivity index (χ0) is 16.9. The minimum atomic E-state index is -3.70. The van der Waals surface area contributed by atoms with Gasteiger partial charge in [0.25, 0.3) is 5.91 Å². The van der Waals surface area contributed by atoms with Gasteiger partial charge in [-0.1, -0.05) is 0 Å². The van der Waals surface area contributed by atoms with Crippen molar-refractivity contribution in [1.82, 2.24) is 14.9 Å². The fourth-order valence-electron chi connectivity index (χ4n) is 1.67. The van der Waals surface area contributed by atoms with Gasteiger partial charge in [0.1, 0.15) is 10.6 Å². The molecule has 0 radical (unpaired) electrons. The molecule has 124 valence electrons. The van der Waals surface area contributed by atoms with Gasteiger partial charge in [-0.3, -0.25) is 4.79 Å². The van der Waals surface area contributed by atoms with Crippen LogP contribution in [-0.2, 0) is 10.0 Å². The summed E-state index contributed by atoms with van der Waals surface area (Å²) in [4.78, 5) is 12.1. The van der Waals surface area contributed by atoms with Crippen LogP contribution in [0.4, 0.5) is 0 Å². The molecule has 0 spiro atoms. The Morgan fingerprint density at radius 3 is 2.50 bits per heavy atom. The fraction of sp³-hybridized carbons (Fsp3) is 0.500. The van der Waals surface area contributed by atoms with Crippen molar-refractivity contribution in [2.45, 2.75) is 17.9 Å². The van der Waals surface area contributed by atoms with Crippen molar-refractivity contribution in [2.75, 3.05) is 34.8 Å². The summed E-state index contributed by atoms with van der Waals surface area (Å²) in [5, 5.41) is 5.75. The van der Waals surface area contributed by atoms with E-state index in [9.17, 15) is 13.2 Å². The Morgan fingerprint density at radius 1 is 1.36 bits per heavy atom. The van der Waals surface area contributed by atoms with E-state index in [1.807, 2.05) is 6.92 Å². The smallest absolute Gasteiger partial charge is 0.251 e. The number of sulfonamides is 1. The molecule has 1 aromatic carbocycles. The van der Waals surface area contributed by atoms with Crippen LogP contribution in [0.15, 0.2) is 23.1 Å². The van der Waals surface area contributed by atoms with Gasteiger partial charge in [-0.2, -0.15) is 0 Å². The van der Waals surface area contributed by atoms with Gasteiger partial charge >= 0.3 is 0 Å². The molecule has 0 aliphatic rings. The summed E-state index contributed by atoms with van der Waals surface area (Å²) in [7, 11) is 2.34. The van der Waals surface area contributed by atoms with Crippen molar-refractivity contribution >= 4 is 15.9 Å². The van der Waals surface area contributed by atoms with Crippen molar-refractivity contribution in [2.24, 2.45) is 0 Å². The maximum absolute atomic E-state index is 12.3. The summed E-state index contributed by atoms with van der Waals surface area (Å²) in [5.74, 6) is -0.131. The summed E-state index contributed by atoms with van der Waals surface area (Å²) < 4.78 is 30.8. The van der Waals surface area contributed by atoms with Crippen molar-refractivity contribution < 1.29 is 17.9 Å². The number of nitrogens with one attached hydrogen (secondary N) is 2. The van der Waals surface area contributed by atoms with Gasteiger partial charge in [-0.25, -0.2) is 12.7 Å². The first-order valence-corrected chi connectivity index (χ1v) is 8.24. The Hall–Kier alpha value is -1.64. The van der Waals surface area contributed by atoms with Crippen LogP contribution in [0.25, 0.3) is 0 Å². The van der Waals surface area contributed by atoms with E-state index in [0.29, 0.717) is 6.54 Å². The molecule has 1 rings (SSSR count). The third kappa shape index (κ3) is 4.19. The normalized spacial score (nSPS) is 13.0. The SMILES string of the molecule is CNC(C)CNC(=O)c1ccc(OC)c(S(=O)(=O)N(C)C)c1. The summed E-state index contributed by atoms with van der Waals surface area (Å²) in [6.45, 7) is 2.37. The highest BCUT2D eigenvalue weighted by Crippen LogP contribution is 2.26. The van der Waals surface area contributed by atoms with Gasteiger partial charge in [-0.15, -0.1) is 0 Å². The summed E-state index contributed by atoms with van der Waals surface area (Å²) in [6.07, 6.45) is 0. The molecule has 0 aliphatic heterocycles. The largest absolute Gasteiger partial charge is 0.495 e. The number of nitrogens with zero attached hydrogens (tertiary/aromatic N) is 1. The van der Waals surface area contributed by atoms with Crippen molar-refractivity contribution in [3.05, 3.63) is 23.8 Å². The van der Waals surface area contributed by atoms with Crippen LogP contribution in [0.1, 0.15) is 17.3 Å². The van der Waals surface area contributed by atoms with Crippen LogP contribution in [0.5, 0.6) is 5.75 Å². The second kappa shape index (κ2) is 7.57. The second-order valence-corrected chi connectivity index (χ2v) is 7.17. The Bertz CT molecular complexity index is 629. The average molecular weight is 329 g/mol. The van der Waals surface area contributed by atoms with Crippen LogP contribution >= 0.6 is 0 Å². The number of ether oxygens (including phenoxy) is 1. The third-order valence-corrected chi connectivity index (χ3v) is 5.08. The molecule has 1 amide bonds. The van der Waals surface area contributed by atoms with Gasteiger partial charge in [-0.05, 0) is 32.2 Å². The summed E-state index contributed by atoms with van der Waals surface area (Å²) in [6, 6.07) is 4.46. The number of benzene rings is 1. The van der Waals surface area contributed by atoms with E-state index in [4.69, 9.17) is 4.74 Å². The van der Waals surface area contributed by atoms with Gasteiger partial charge in [0.15, 0.2) is 0 Å². The third-order valence-electron chi connectivity index (χ3n) is 3.25. The number of hydrogen-bond donors (Lipinski definition) is 2. The number of rotatable bonds is 7. The Morgan fingerprint density at radius 2 is 2.00 bits per heavy atom. The van der Waals surface area contributed by atoms with Crippen molar-refractivity contribution in [3.63, 3.8) is 0 Å². The molecule has 0 bridgehead atoms. The van der Waals surface area contributed by atoms with Gasteiger partial charge < -0.3 is 15.4 Å². The van der Waals surface area contributed by atoms with Crippen LogP contribution in [0, 0.1) is 0 Å². The predicted octanol–water partition coefficient (Wildman–Crippen LogP) is 0.283. The Balaban J connectivity index is 3.13. The summed E-state index contributed by atoms with van der Waals surface area (Å²) >= 11 is 0. The molecule has 0 fully saturated rings. The monoisotopic (exact) mass is 329 g/mol. The molecule has 0 heterocycles. The van der Waals surface area contributed by atoms with Crippen molar-refractivity contribution in [3.8, 4) is 5.75 Å². The molecule has 22 heavy (non-hydrogen) atoms. The maximum Gasteiger partial charge on any atom is 0.251 e. The highest BCUT2D eigenvalue weighted by molar-refractivity contribution is 7.89. The highest BCUT2D eigenvalue weighted by atomic mass is 32.2. The van der Waals surface area contributed by atoms with Crippen LogP contribution in [-0.4, -0.2) is 59.5 Å². The molecule has 1 aromatic rings. The van der Waals surface area contributed by atoms with Gasteiger partial charge in [0.2, 0.25) is 10.0 Å². The zero-order valence-electron chi connectivity index (χ0n) is 13.5. The standard InChI is InChI=1S/C14H23N3O4S/c1-10(15-2)9-16-14(18)11-6-7-12(21-5)13(8-11)22(19,20)17(3)4/h6-8,10,15H,9H2,1-5H3,(H,16,18). The van der Waals surface area contributed by atoms with Gasteiger partial charge in [0, 0.05) is 32.2 Å². The van der Waals surface area contributed by atoms with Crippen LogP contribution in [0.3, 0.4) is 0 Å².